The lowest BCUT2D eigenvalue weighted by molar-refractivity contribution is 0.0630. The topological polar surface area (TPSA) is 39.7 Å². The molecule has 4 heterocycles. The maximum Gasteiger partial charge on any atom is 0.257 e. The van der Waals surface area contributed by atoms with Crippen LogP contribution in [0, 0.1) is 0 Å². The first kappa shape index (κ1) is 17.9. The van der Waals surface area contributed by atoms with Crippen LogP contribution in [0.4, 0.5) is 5.82 Å². The summed E-state index contributed by atoms with van der Waals surface area (Å²) in [7, 11) is 0. The first-order valence-corrected chi connectivity index (χ1v) is 10.8. The number of thiophene rings is 1. The lowest BCUT2D eigenvalue weighted by Crippen LogP contribution is -2.48. The molecule has 5 nitrogen and oxygen atoms in total. The molecule has 0 saturated carbocycles. The molecule has 2 aliphatic heterocycles. The fourth-order valence-electron chi connectivity index (χ4n) is 3.68. The van der Waals surface area contributed by atoms with E-state index in [4.69, 9.17) is 0 Å². The minimum atomic E-state index is 0.124. The summed E-state index contributed by atoms with van der Waals surface area (Å²) in [6, 6.07) is 8.07. The number of carbonyl (C=O) groups is 1. The summed E-state index contributed by atoms with van der Waals surface area (Å²) in [5, 5.41) is 0. The third-order valence-electron chi connectivity index (χ3n) is 5.09. The van der Waals surface area contributed by atoms with Crippen LogP contribution >= 0.6 is 27.3 Å². The van der Waals surface area contributed by atoms with Gasteiger partial charge < -0.3 is 9.80 Å². The Balaban J connectivity index is 1.39. The summed E-state index contributed by atoms with van der Waals surface area (Å²) in [6.45, 7) is 6.35. The second-order valence-corrected chi connectivity index (χ2v) is 9.39. The van der Waals surface area contributed by atoms with E-state index in [1.807, 2.05) is 17.0 Å². The van der Waals surface area contributed by atoms with Crippen LogP contribution in [0.15, 0.2) is 34.2 Å². The van der Waals surface area contributed by atoms with Gasteiger partial charge in [0.25, 0.3) is 5.91 Å². The molecule has 138 valence electrons. The molecule has 0 atom stereocenters. The first-order valence-electron chi connectivity index (χ1n) is 9.16. The SMILES string of the molecule is O=C(c1cccnc1N1CCCC1)N1CCN(Cc2ccc(Br)s2)CC1. The number of halogens is 1. The van der Waals surface area contributed by atoms with Gasteiger partial charge >= 0.3 is 0 Å². The average Bonchev–Trinajstić information content (AvgIpc) is 3.34. The highest BCUT2D eigenvalue weighted by Crippen LogP contribution is 2.25. The van der Waals surface area contributed by atoms with E-state index in [0.717, 1.165) is 57.2 Å². The van der Waals surface area contributed by atoms with Crippen LogP contribution in [0.1, 0.15) is 28.1 Å². The predicted octanol–water partition coefficient (Wildman–Crippen LogP) is 3.46. The number of carbonyl (C=O) groups excluding carboxylic acids is 1. The van der Waals surface area contributed by atoms with Crippen LogP contribution in [0.5, 0.6) is 0 Å². The fourth-order valence-corrected chi connectivity index (χ4v) is 5.21. The van der Waals surface area contributed by atoms with Crippen molar-refractivity contribution in [1.29, 1.82) is 0 Å². The van der Waals surface area contributed by atoms with Gasteiger partial charge in [-0.25, -0.2) is 4.98 Å². The zero-order valence-corrected chi connectivity index (χ0v) is 17.1. The van der Waals surface area contributed by atoms with Gasteiger partial charge in [0.05, 0.1) is 9.35 Å². The van der Waals surface area contributed by atoms with Gasteiger partial charge in [0.15, 0.2) is 0 Å². The van der Waals surface area contributed by atoms with E-state index in [-0.39, 0.29) is 5.91 Å². The van der Waals surface area contributed by atoms with Crippen LogP contribution in [0.2, 0.25) is 0 Å². The molecule has 2 aromatic heterocycles. The Labute approximate surface area is 166 Å². The molecule has 0 N–H and O–H groups in total. The summed E-state index contributed by atoms with van der Waals surface area (Å²) in [5.41, 5.74) is 0.755. The number of pyridine rings is 1. The summed E-state index contributed by atoms with van der Waals surface area (Å²) in [5.74, 6) is 0.986. The Hall–Kier alpha value is -1.44. The molecule has 0 spiro atoms. The molecule has 4 rings (SSSR count). The van der Waals surface area contributed by atoms with Crippen molar-refractivity contribution < 1.29 is 4.79 Å². The Morgan fingerprint density at radius 1 is 1.08 bits per heavy atom. The van der Waals surface area contributed by atoms with Crippen LogP contribution in [0.25, 0.3) is 0 Å². The van der Waals surface area contributed by atoms with Gasteiger partial charge in [-0.3, -0.25) is 9.69 Å². The second kappa shape index (κ2) is 8.06. The largest absolute Gasteiger partial charge is 0.356 e. The van der Waals surface area contributed by atoms with Crippen LogP contribution in [-0.2, 0) is 6.54 Å². The highest BCUT2D eigenvalue weighted by molar-refractivity contribution is 9.11. The normalized spacial score (nSPS) is 18.5. The van der Waals surface area contributed by atoms with E-state index in [9.17, 15) is 4.79 Å². The van der Waals surface area contributed by atoms with Gasteiger partial charge in [-0.05, 0) is 53.0 Å². The van der Waals surface area contributed by atoms with Gasteiger partial charge in [0.1, 0.15) is 5.82 Å². The van der Waals surface area contributed by atoms with Crippen LogP contribution in [-0.4, -0.2) is 60.0 Å². The number of piperazine rings is 1. The molecule has 2 aromatic rings. The van der Waals surface area contributed by atoms with Gasteiger partial charge in [-0.1, -0.05) is 0 Å². The number of rotatable bonds is 4. The van der Waals surface area contributed by atoms with Gasteiger partial charge in [0, 0.05) is 56.9 Å². The van der Waals surface area contributed by atoms with Crippen molar-refractivity contribution in [2.24, 2.45) is 0 Å². The molecular formula is C19H23BrN4OS. The minimum absolute atomic E-state index is 0.124. The first-order chi connectivity index (χ1) is 12.7. The van der Waals surface area contributed by atoms with Crippen molar-refractivity contribution in [2.45, 2.75) is 19.4 Å². The third kappa shape index (κ3) is 3.94. The summed E-state index contributed by atoms with van der Waals surface area (Å²) < 4.78 is 1.17. The summed E-state index contributed by atoms with van der Waals surface area (Å²) >= 11 is 5.31. The number of aromatic nitrogens is 1. The quantitative estimate of drug-likeness (QED) is 0.738. The molecule has 1 amide bonds. The van der Waals surface area contributed by atoms with E-state index in [2.05, 4.69) is 42.8 Å². The number of nitrogens with zero attached hydrogens (tertiary/aromatic N) is 4. The molecule has 0 aliphatic carbocycles. The number of amides is 1. The molecule has 2 saturated heterocycles. The minimum Gasteiger partial charge on any atom is -0.356 e. The third-order valence-corrected chi connectivity index (χ3v) is 6.70. The second-order valence-electron chi connectivity index (χ2n) is 6.84. The number of hydrogen-bond donors (Lipinski definition) is 0. The molecule has 0 radical (unpaired) electrons. The highest BCUT2D eigenvalue weighted by atomic mass is 79.9. The van der Waals surface area contributed by atoms with Crippen molar-refractivity contribution in [3.8, 4) is 0 Å². The van der Waals surface area contributed by atoms with Gasteiger partial charge in [-0.15, -0.1) is 11.3 Å². The standard InChI is InChI=1S/C19H23BrN4OS/c20-17-6-5-15(26-17)14-22-10-12-24(13-11-22)19(25)16-4-3-7-21-18(16)23-8-1-2-9-23/h3-7H,1-2,8-14H2. The lowest BCUT2D eigenvalue weighted by Gasteiger charge is -2.35. The maximum absolute atomic E-state index is 13.1. The van der Waals surface area contributed by atoms with Gasteiger partial charge in [-0.2, -0.15) is 0 Å². The molecule has 2 fully saturated rings. The van der Waals surface area contributed by atoms with Crippen molar-refractivity contribution in [1.82, 2.24) is 14.8 Å². The Kier molecular flexibility index (Phi) is 5.57. The van der Waals surface area contributed by atoms with E-state index in [1.54, 1.807) is 17.5 Å². The predicted molar refractivity (Wildman–Crippen MR) is 109 cm³/mol. The molecular weight excluding hydrogens is 412 g/mol. The monoisotopic (exact) mass is 434 g/mol. The zero-order chi connectivity index (χ0) is 17.9. The molecule has 0 aromatic carbocycles. The van der Waals surface area contributed by atoms with Crippen molar-refractivity contribution in [3.63, 3.8) is 0 Å². The Morgan fingerprint density at radius 2 is 1.85 bits per heavy atom. The molecule has 0 bridgehead atoms. The van der Waals surface area contributed by atoms with E-state index in [1.165, 1.54) is 21.5 Å². The zero-order valence-electron chi connectivity index (χ0n) is 14.7. The molecule has 26 heavy (non-hydrogen) atoms. The van der Waals surface area contributed by atoms with Gasteiger partial charge in [0.2, 0.25) is 0 Å². The highest BCUT2D eigenvalue weighted by Gasteiger charge is 2.26. The number of hydrogen-bond acceptors (Lipinski definition) is 5. The van der Waals surface area contributed by atoms with Crippen LogP contribution in [0.3, 0.4) is 0 Å². The fraction of sp³-hybridized carbons (Fsp3) is 0.474. The molecule has 2 aliphatic rings. The summed E-state index contributed by atoms with van der Waals surface area (Å²) in [6.07, 6.45) is 4.16. The summed E-state index contributed by atoms with van der Waals surface area (Å²) in [4.78, 5) is 25.6. The number of anilines is 1. The molecule has 7 heteroatoms. The van der Waals surface area contributed by atoms with Crippen molar-refractivity contribution in [3.05, 3.63) is 44.7 Å². The van der Waals surface area contributed by atoms with Crippen molar-refractivity contribution >= 4 is 39.0 Å². The smallest absolute Gasteiger partial charge is 0.257 e. The lowest BCUT2D eigenvalue weighted by atomic mass is 10.2. The van der Waals surface area contributed by atoms with Crippen molar-refractivity contribution in [2.75, 3.05) is 44.2 Å². The Bertz CT molecular complexity index is 766. The van der Waals surface area contributed by atoms with E-state index < -0.39 is 0 Å². The molecule has 0 unspecified atom stereocenters. The van der Waals surface area contributed by atoms with E-state index in [0.29, 0.717) is 0 Å². The maximum atomic E-state index is 13.1. The van der Waals surface area contributed by atoms with Crippen LogP contribution < -0.4 is 4.90 Å². The average molecular weight is 435 g/mol. The van der Waals surface area contributed by atoms with E-state index >= 15 is 0 Å². The Morgan fingerprint density at radius 3 is 2.54 bits per heavy atom.